The maximum Gasteiger partial charge on any atom is 0.241 e. The zero-order valence-corrected chi connectivity index (χ0v) is 16.0. The summed E-state index contributed by atoms with van der Waals surface area (Å²) < 4.78 is 27.9. The number of hydrogen-bond acceptors (Lipinski definition) is 3. The normalized spacial score (nSPS) is 12.5. The molecule has 4 nitrogen and oxygen atoms in total. The van der Waals surface area contributed by atoms with Crippen LogP contribution in [0.2, 0.25) is 0 Å². The highest BCUT2D eigenvalue weighted by Crippen LogP contribution is 2.23. The smallest absolute Gasteiger partial charge is 0.241 e. The lowest BCUT2D eigenvalue weighted by Gasteiger charge is -2.15. The Balaban J connectivity index is 1.75. The topological polar surface area (TPSA) is 63.2 Å². The van der Waals surface area contributed by atoms with Crippen LogP contribution in [0.5, 0.6) is 0 Å². The minimum absolute atomic E-state index is 0.0984. The van der Waals surface area contributed by atoms with Gasteiger partial charge in [0.05, 0.1) is 4.90 Å². The van der Waals surface area contributed by atoms with Gasteiger partial charge in [0.15, 0.2) is 5.78 Å². The molecule has 0 aliphatic rings. The largest absolute Gasteiger partial charge is 0.295 e. The van der Waals surface area contributed by atoms with Crippen LogP contribution in [-0.4, -0.2) is 14.2 Å². The third kappa shape index (κ3) is 4.51. The molecule has 0 saturated heterocycles. The van der Waals surface area contributed by atoms with Crippen molar-refractivity contribution in [1.29, 1.82) is 0 Å². The molecular weight excluding hydrogens is 358 g/mol. The van der Waals surface area contributed by atoms with Gasteiger partial charge in [0.25, 0.3) is 0 Å². The van der Waals surface area contributed by atoms with E-state index in [1.807, 2.05) is 54.6 Å². The second kappa shape index (κ2) is 7.86. The van der Waals surface area contributed by atoms with Crippen molar-refractivity contribution in [2.24, 2.45) is 0 Å². The average molecular weight is 379 g/mol. The Labute approximate surface area is 159 Å². The van der Waals surface area contributed by atoms with E-state index >= 15 is 0 Å². The molecule has 0 saturated carbocycles. The number of rotatable bonds is 6. The molecule has 0 aliphatic heterocycles. The molecule has 0 spiro atoms. The number of sulfonamides is 1. The van der Waals surface area contributed by atoms with Gasteiger partial charge in [-0.25, -0.2) is 13.1 Å². The molecule has 27 heavy (non-hydrogen) atoms. The lowest BCUT2D eigenvalue weighted by atomic mass is 10.0. The van der Waals surface area contributed by atoms with E-state index in [1.54, 1.807) is 6.92 Å². The first-order valence-corrected chi connectivity index (χ1v) is 10.1. The minimum atomic E-state index is -3.67. The molecule has 0 heterocycles. The van der Waals surface area contributed by atoms with Crippen LogP contribution in [0, 0.1) is 0 Å². The zero-order chi connectivity index (χ0) is 19.4. The van der Waals surface area contributed by atoms with Crippen molar-refractivity contribution >= 4 is 15.8 Å². The van der Waals surface area contributed by atoms with E-state index in [4.69, 9.17) is 0 Å². The van der Waals surface area contributed by atoms with E-state index in [2.05, 4.69) is 4.72 Å². The predicted octanol–water partition coefficient (Wildman–Crippen LogP) is 4.60. The van der Waals surface area contributed by atoms with Gasteiger partial charge < -0.3 is 0 Å². The number of carbonyl (C=O) groups excluding carboxylic acids is 1. The monoisotopic (exact) mass is 379 g/mol. The van der Waals surface area contributed by atoms with Crippen molar-refractivity contribution in [3.05, 3.63) is 90.0 Å². The first-order chi connectivity index (χ1) is 12.9. The molecule has 5 heteroatoms. The van der Waals surface area contributed by atoms with Gasteiger partial charge in [-0.2, -0.15) is 0 Å². The Morgan fingerprint density at radius 2 is 1.37 bits per heavy atom. The van der Waals surface area contributed by atoms with Crippen LogP contribution in [0.3, 0.4) is 0 Å². The highest BCUT2D eigenvalue weighted by atomic mass is 32.2. The molecule has 1 atom stereocenters. The van der Waals surface area contributed by atoms with Crippen molar-refractivity contribution < 1.29 is 13.2 Å². The van der Waals surface area contributed by atoms with Gasteiger partial charge in [-0.3, -0.25) is 4.79 Å². The van der Waals surface area contributed by atoms with E-state index in [0.29, 0.717) is 5.56 Å². The van der Waals surface area contributed by atoms with Gasteiger partial charge >= 0.3 is 0 Å². The van der Waals surface area contributed by atoms with E-state index in [0.717, 1.165) is 16.7 Å². The molecule has 0 unspecified atom stereocenters. The van der Waals surface area contributed by atoms with Crippen molar-refractivity contribution in [2.75, 3.05) is 0 Å². The molecular formula is C22H21NO3S. The van der Waals surface area contributed by atoms with Crippen LogP contribution in [0.25, 0.3) is 11.1 Å². The summed E-state index contributed by atoms with van der Waals surface area (Å²) in [6.07, 6.45) is 0. The van der Waals surface area contributed by atoms with Crippen LogP contribution in [0.4, 0.5) is 0 Å². The number of Topliss-reactive ketones (excluding diaryl/α,β-unsaturated/α-hetero) is 1. The number of carbonyl (C=O) groups is 1. The fourth-order valence-electron chi connectivity index (χ4n) is 2.83. The van der Waals surface area contributed by atoms with E-state index in [-0.39, 0.29) is 16.7 Å². The van der Waals surface area contributed by atoms with Crippen molar-refractivity contribution in [1.82, 2.24) is 4.72 Å². The molecule has 0 amide bonds. The summed E-state index contributed by atoms with van der Waals surface area (Å²) in [5, 5.41) is 0. The van der Waals surface area contributed by atoms with Crippen molar-refractivity contribution in [3.63, 3.8) is 0 Å². The van der Waals surface area contributed by atoms with Crippen molar-refractivity contribution in [2.45, 2.75) is 24.8 Å². The van der Waals surface area contributed by atoms with E-state index in [1.165, 1.54) is 31.2 Å². The summed E-state index contributed by atoms with van der Waals surface area (Å²) in [6.45, 7) is 3.25. The number of nitrogens with one attached hydrogen (secondary N) is 1. The van der Waals surface area contributed by atoms with Crippen LogP contribution in [-0.2, 0) is 10.0 Å². The zero-order valence-electron chi connectivity index (χ0n) is 15.2. The summed E-state index contributed by atoms with van der Waals surface area (Å²) in [5.41, 5.74) is 3.55. The molecule has 0 bridgehead atoms. The molecule has 1 N–H and O–H groups in total. The molecule has 138 valence electrons. The SMILES string of the molecule is CC(=O)c1ccc(S(=O)(=O)N[C@H](C)c2ccc(-c3ccccc3)cc2)cc1. The first kappa shape index (κ1) is 19.0. The maximum absolute atomic E-state index is 12.6. The quantitative estimate of drug-likeness (QED) is 0.637. The second-order valence-corrected chi connectivity index (χ2v) is 8.13. The molecule has 0 radical (unpaired) electrons. The van der Waals surface area contributed by atoms with Gasteiger partial charge in [0.1, 0.15) is 0 Å². The Hall–Kier alpha value is -2.76. The average Bonchev–Trinajstić information content (AvgIpc) is 2.68. The third-order valence-electron chi connectivity index (χ3n) is 4.42. The summed E-state index contributed by atoms with van der Waals surface area (Å²) in [6, 6.07) is 23.4. The predicted molar refractivity (Wildman–Crippen MR) is 107 cm³/mol. The van der Waals surface area contributed by atoms with Gasteiger partial charge in [-0.15, -0.1) is 0 Å². The Morgan fingerprint density at radius 1 is 0.815 bits per heavy atom. The van der Waals surface area contributed by atoms with Gasteiger partial charge in [-0.05, 0) is 42.7 Å². The number of ketones is 1. The van der Waals surface area contributed by atoms with Crippen LogP contribution >= 0.6 is 0 Å². The molecule has 0 aromatic heterocycles. The summed E-state index contributed by atoms with van der Waals surface area (Å²) >= 11 is 0. The van der Waals surface area contributed by atoms with E-state index in [9.17, 15) is 13.2 Å². The summed E-state index contributed by atoms with van der Waals surface area (Å²) in [5.74, 6) is -0.0984. The molecule has 0 fully saturated rings. The van der Waals surface area contributed by atoms with Gasteiger partial charge in [0, 0.05) is 11.6 Å². The lowest BCUT2D eigenvalue weighted by molar-refractivity contribution is 0.101. The highest BCUT2D eigenvalue weighted by molar-refractivity contribution is 7.89. The summed E-state index contributed by atoms with van der Waals surface area (Å²) in [7, 11) is -3.67. The molecule has 3 aromatic carbocycles. The Morgan fingerprint density at radius 3 is 1.93 bits per heavy atom. The first-order valence-electron chi connectivity index (χ1n) is 8.65. The molecule has 0 aliphatic carbocycles. The van der Waals surface area contributed by atoms with Gasteiger partial charge in [-0.1, -0.05) is 66.7 Å². The van der Waals surface area contributed by atoms with Crippen LogP contribution in [0.1, 0.15) is 35.8 Å². The fourth-order valence-corrected chi connectivity index (χ4v) is 4.06. The highest BCUT2D eigenvalue weighted by Gasteiger charge is 2.18. The standard InChI is InChI=1S/C22H21NO3S/c1-16(18-8-10-21(11-9-18)20-6-4-3-5-7-20)23-27(25,26)22-14-12-19(13-15-22)17(2)24/h3-16,23H,1-2H3/t16-/m1/s1. The van der Waals surface area contributed by atoms with E-state index < -0.39 is 10.0 Å². The number of benzene rings is 3. The van der Waals surface area contributed by atoms with Crippen LogP contribution in [0.15, 0.2) is 83.8 Å². The molecule has 3 rings (SSSR count). The lowest BCUT2D eigenvalue weighted by Crippen LogP contribution is -2.26. The summed E-state index contributed by atoms with van der Waals surface area (Å²) in [4.78, 5) is 11.5. The second-order valence-electron chi connectivity index (χ2n) is 6.41. The minimum Gasteiger partial charge on any atom is -0.295 e. The molecule has 3 aromatic rings. The Bertz CT molecular complexity index is 1030. The maximum atomic E-state index is 12.6. The fraction of sp³-hybridized carbons (Fsp3) is 0.136. The van der Waals surface area contributed by atoms with Crippen molar-refractivity contribution in [3.8, 4) is 11.1 Å². The van der Waals surface area contributed by atoms with Crippen LogP contribution < -0.4 is 4.72 Å². The third-order valence-corrected chi connectivity index (χ3v) is 5.98. The van der Waals surface area contributed by atoms with Gasteiger partial charge in [0.2, 0.25) is 10.0 Å². The number of hydrogen-bond donors (Lipinski definition) is 1. The Kier molecular flexibility index (Phi) is 5.54.